The molecule has 24 heavy (non-hydrogen) atoms. The second-order valence-corrected chi connectivity index (χ2v) is 7.16. The Balaban J connectivity index is 1.77. The van der Waals surface area contributed by atoms with Gasteiger partial charge in [0.2, 0.25) is 0 Å². The lowest BCUT2D eigenvalue weighted by Crippen LogP contribution is -2.34. The Morgan fingerprint density at radius 1 is 1.42 bits per heavy atom. The second-order valence-electron chi connectivity index (χ2n) is 6.38. The van der Waals surface area contributed by atoms with Crippen LogP contribution in [0.1, 0.15) is 59.6 Å². The lowest BCUT2D eigenvalue weighted by atomic mass is 9.85. The van der Waals surface area contributed by atoms with Crippen molar-refractivity contribution in [1.29, 1.82) is 0 Å². The number of amides is 1. The van der Waals surface area contributed by atoms with Crippen molar-refractivity contribution < 1.29 is 9.53 Å². The molecule has 0 bridgehead atoms. The molecule has 1 aliphatic carbocycles. The third kappa shape index (κ3) is 4.05. The maximum Gasteiger partial charge on any atom is 0.257 e. The fourth-order valence-electron chi connectivity index (χ4n) is 3.40. The first-order valence-electron chi connectivity index (χ1n) is 8.62. The normalized spacial score (nSPS) is 15.5. The van der Waals surface area contributed by atoms with E-state index in [1.807, 2.05) is 10.3 Å². The first kappa shape index (κ1) is 17.2. The molecule has 6 heteroatoms. The average Bonchev–Trinajstić information content (AvgIpc) is 3.30. The molecule has 0 saturated heterocycles. The van der Waals surface area contributed by atoms with E-state index in [0.717, 1.165) is 29.7 Å². The minimum atomic E-state index is 0.0487. The Kier molecular flexibility index (Phi) is 6.04. The molecule has 0 unspecified atom stereocenters. The number of aromatic amines is 1. The molecular weight excluding hydrogens is 322 g/mol. The van der Waals surface area contributed by atoms with Gasteiger partial charge in [-0.3, -0.25) is 9.89 Å². The van der Waals surface area contributed by atoms with Crippen LogP contribution in [-0.4, -0.2) is 41.3 Å². The maximum atomic E-state index is 13.1. The average molecular weight is 347 g/mol. The van der Waals surface area contributed by atoms with Crippen LogP contribution in [-0.2, 0) is 11.3 Å². The van der Waals surface area contributed by atoms with Gasteiger partial charge in [0, 0.05) is 26.1 Å². The molecule has 130 valence electrons. The van der Waals surface area contributed by atoms with Crippen molar-refractivity contribution in [2.45, 2.75) is 44.6 Å². The van der Waals surface area contributed by atoms with E-state index < -0.39 is 0 Å². The van der Waals surface area contributed by atoms with Crippen LogP contribution in [0.3, 0.4) is 0 Å². The molecule has 2 aromatic heterocycles. The highest BCUT2D eigenvalue weighted by Gasteiger charge is 2.26. The fraction of sp³-hybridized carbons (Fsp3) is 0.556. The van der Waals surface area contributed by atoms with Crippen molar-refractivity contribution in [2.24, 2.45) is 0 Å². The van der Waals surface area contributed by atoms with Crippen LogP contribution in [0.25, 0.3) is 0 Å². The number of thiophene rings is 1. The number of aromatic nitrogens is 2. The van der Waals surface area contributed by atoms with E-state index in [4.69, 9.17) is 4.74 Å². The van der Waals surface area contributed by atoms with Crippen molar-refractivity contribution in [1.82, 2.24) is 15.1 Å². The van der Waals surface area contributed by atoms with Crippen LogP contribution in [0.2, 0.25) is 0 Å². The summed E-state index contributed by atoms with van der Waals surface area (Å²) >= 11 is 1.65. The number of hydrogen-bond donors (Lipinski definition) is 1. The summed E-state index contributed by atoms with van der Waals surface area (Å²) < 4.78 is 5.19. The highest BCUT2D eigenvalue weighted by molar-refractivity contribution is 7.07. The number of H-pyrrole nitrogens is 1. The van der Waals surface area contributed by atoms with Crippen molar-refractivity contribution in [2.75, 3.05) is 20.3 Å². The quantitative estimate of drug-likeness (QED) is 0.828. The van der Waals surface area contributed by atoms with Crippen molar-refractivity contribution in [3.63, 3.8) is 0 Å². The lowest BCUT2D eigenvalue weighted by molar-refractivity contribution is 0.0678. The van der Waals surface area contributed by atoms with E-state index in [2.05, 4.69) is 21.6 Å². The summed E-state index contributed by atoms with van der Waals surface area (Å²) in [4.78, 5) is 15.0. The molecular formula is C18H25N3O2S. The summed E-state index contributed by atoms with van der Waals surface area (Å²) in [7, 11) is 1.67. The van der Waals surface area contributed by atoms with Gasteiger partial charge in [-0.2, -0.15) is 16.4 Å². The van der Waals surface area contributed by atoms with Crippen molar-refractivity contribution >= 4 is 17.2 Å². The van der Waals surface area contributed by atoms with E-state index in [1.165, 1.54) is 19.3 Å². The van der Waals surface area contributed by atoms with E-state index in [-0.39, 0.29) is 5.91 Å². The summed E-state index contributed by atoms with van der Waals surface area (Å²) in [6.07, 6.45) is 7.75. The van der Waals surface area contributed by atoms with E-state index in [0.29, 0.717) is 25.6 Å². The van der Waals surface area contributed by atoms with Gasteiger partial charge in [-0.05, 0) is 35.2 Å². The third-order valence-corrected chi connectivity index (χ3v) is 5.45. The molecule has 1 aliphatic rings. The van der Waals surface area contributed by atoms with Gasteiger partial charge in [0.05, 0.1) is 24.1 Å². The van der Waals surface area contributed by atoms with Gasteiger partial charge in [-0.15, -0.1) is 0 Å². The number of carbonyl (C=O) groups is 1. The molecule has 3 rings (SSSR count). The fourth-order valence-corrected chi connectivity index (χ4v) is 4.06. The number of rotatable bonds is 7. The predicted molar refractivity (Wildman–Crippen MR) is 95.3 cm³/mol. The van der Waals surface area contributed by atoms with Crippen LogP contribution in [0.15, 0.2) is 23.0 Å². The highest BCUT2D eigenvalue weighted by atomic mass is 32.1. The smallest absolute Gasteiger partial charge is 0.257 e. The van der Waals surface area contributed by atoms with E-state index in [9.17, 15) is 4.79 Å². The van der Waals surface area contributed by atoms with Gasteiger partial charge in [0.15, 0.2) is 0 Å². The molecule has 5 nitrogen and oxygen atoms in total. The Hall–Kier alpha value is -1.66. The minimum absolute atomic E-state index is 0.0487. The maximum absolute atomic E-state index is 13.1. The van der Waals surface area contributed by atoms with Crippen LogP contribution >= 0.6 is 11.3 Å². The van der Waals surface area contributed by atoms with Gasteiger partial charge in [-0.1, -0.05) is 19.3 Å². The van der Waals surface area contributed by atoms with Crippen molar-refractivity contribution in [3.8, 4) is 0 Å². The number of carbonyl (C=O) groups excluding carboxylic acids is 1. The van der Waals surface area contributed by atoms with Gasteiger partial charge in [-0.25, -0.2) is 0 Å². The SMILES string of the molecule is COCCN(Cc1ccsc1)C(=O)c1cn[nH]c1C1CCCCC1. The largest absolute Gasteiger partial charge is 0.383 e. The number of ether oxygens (including phenoxy) is 1. The van der Waals surface area contributed by atoms with Crippen molar-refractivity contribution in [3.05, 3.63) is 39.8 Å². The van der Waals surface area contributed by atoms with Gasteiger partial charge < -0.3 is 9.64 Å². The van der Waals surface area contributed by atoms with E-state index >= 15 is 0 Å². The molecule has 2 aromatic rings. The molecule has 0 spiro atoms. The van der Waals surface area contributed by atoms with Crippen LogP contribution in [0, 0.1) is 0 Å². The molecule has 0 atom stereocenters. The lowest BCUT2D eigenvalue weighted by Gasteiger charge is -2.25. The minimum Gasteiger partial charge on any atom is -0.383 e. The summed E-state index contributed by atoms with van der Waals surface area (Å²) in [5.41, 5.74) is 2.91. The Morgan fingerprint density at radius 3 is 2.96 bits per heavy atom. The van der Waals surface area contributed by atoms with Crippen LogP contribution in [0.4, 0.5) is 0 Å². The van der Waals surface area contributed by atoms with Gasteiger partial charge in [0.25, 0.3) is 5.91 Å². The molecule has 1 fully saturated rings. The Labute approximate surface area is 147 Å². The molecule has 1 N–H and O–H groups in total. The first-order valence-corrected chi connectivity index (χ1v) is 9.56. The first-order chi connectivity index (χ1) is 11.8. The third-order valence-electron chi connectivity index (χ3n) is 4.72. The zero-order valence-corrected chi connectivity index (χ0v) is 15.0. The number of methoxy groups -OCH3 is 1. The topological polar surface area (TPSA) is 58.2 Å². The van der Waals surface area contributed by atoms with Crippen LogP contribution < -0.4 is 0 Å². The summed E-state index contributed by atoms with van der Waals surface area (Å²) in [5.74, 6) is 0.484. The molecule has 0 aliphatic heterocycles. The summed E-state index contributed by atoms with van der Waals surface area (Å²) in [5, 5.41) is 11.4. The van der Waals surface area contributed by atoms with Crippen LogP contribution in [0.5, 0.6) is 0 Å². The van der Waals surface area contributed by atoms with Gasteiger partial charge in [0.1, 0.15) is 0 Å². The zero-order valence-electron chi connectivity index (χ0n) is 14.2. The van der Waals surface area contributed by atoms with E-state index in [1.54, 1.807) is 24.6 Å². The zero-order chi connectivity index (χ0) is 16.8. The standard InChI is InChI=1S/C18H25N3O2S/c1-23-9-8-21(12-14-7-10-24-13-14)18(22)16-11-19-20-17(16)15-5-3-2-4-6-15/h7,10-11,13,15H,2-6,8-9,12H2,1H3,(H,19,20). The van der Waals surface area contributed by atoms with Gasteiger partial charge >= 0.3 is 0 Å². The monoisotopic (exact) mass is 347 g/mol. The molecule has 0 radical (unpaired) electrons. The predicted octanol–water partition coefficient (Wildman–Crippen LogP) is 3.81. The Morgan fingerprint density at radius 2 is 2.25 bits per heavy atom. The number of nitrogens with zero attached hydrogens (tertiary/aromatic N) is 2. The summed E-state index contributed by atoms with van der Waals surface area (Å²) in [6.45, 7) is 1.73. The Bertz CT molecular complexity index is 632. The number of nitrogens with one attached hydrogen (secondary N) is 1. The molecule has 1 amide bonds. The highest BCUT2D eigenvalue weighted by Crippen LogP contribution is 2.33. The molecule has 1 saturated carbocycles. The molecule has 0 aromatic carbocycles. The number of hydrogen-bond acceptors (Lipinski definition) is 4. The molecule has 2 heterocycles. The second kappa shape index (κ2) is 8.44. The summed E-state index contributed by atoms with van der Waals surface area (Å²) in [6, 6.07) is 2.06.